The number of benzene rings is 4. The van der Waals surface area contributed by atoms with E-state index in [2.05, 4.69) is 30.3 Å². The molecule has 0 saturated carbocycles. The highest BCUT2D eigenvalue weighted by Gasteiger charge is 2.23. The normalized spacial score (nSPS) is 11.2. The van der Waals surface area contributed by atoms with Gasteiger partial charge in [-0.25, -0.2) is 8.96 Å². The molecule has 172 valence electrons. The molecule has 6 rings (SSSR count). The van der Waals surface area contributed by atoms with Crippen molar-refractivity contribution < 1.29 is 13.4 Å². The van der Waals surface area contributed by atoms with Crippen LogP contribution in [0.15, 0.2) is 102 Å². The molecule has 0 atom stereocenters. The third kappa shape index (κ3) is 3.45. The van der Waals surface area contributed by atoms with E-state index < -0.39 is 0 Å². The average Bonchev–Trinajstić information content (AvgIpc) is 3.29. The van der Waals surface area contributed by atoms with Crippen molar-refractivity contribution in [2.45, 2.75) is 6.92 Å². The Balaban J connectivity index is 1.68. The Morgan fingerprint density at radius 2 is 1.58 bits per heavy atom. The number of fused-ring (bicyclic) bond motifs is 3. The van der Waals surface area contributed by atoms with Crippen molar-refractivity contribution in [1.29, 1.82) is 5.26 Å². The number of hydrogen-bond acceptors (Lipinski definition) is 2. The van der Waals surface area contributed by atoms with Gasteiger partial charge in [0.15, 0.2) is 6.20 Å². The minimum atomic E-state index is -0.294. The summed E-state index contributed by atoms with van der Waals surface area (Å²) in [6.07, 6.45) is 1.72. The van der Waals surface area contributed by atoms with Crippen LogP contribution >= 0.6 is 0 Å². The summed E-state index contributed by atoms with van der Waals surface area (Å²) in [5, 5.41) is 11.8. The summed E-state index contributed by atoms with van der Waals surface area (Å²) in [6.45, 7) is 2.02. The van der Waals surface area contributed by atoms with Crippen molar-refractivity contribution in [3.8, 4) is 39.6 Å². The third-order valence-corrected chi connectivity index (χ3v) is 6.76. The van der Waals surface area contributed by atoms with Crippen LogP contribution in [0.3, 0.4) is 0 Å². The summed E-state index contributed by atoms with van der Waals surface area (Å²) in [7, 11) is 1.91. The number of rotatable bonds is 3. The smallest absolute Gasteiger partial charge is 0.216 e. The Kier molecular flexibility index (Phi) is 5.13. The zero-order chi connectivity index (χ0) is 24.8. The predicted octanol–water partition coefficient (Wildman–Crippen LogP) is 7.73. The summed E-state index contributed by atoms with van der Waals surface area (Å²) >= 11 is 0. The van der Waals surface area contributed by atoms with E-state index in [1.165, 1.54) is 6.07 Å². The SMILES string of the molecule is Cc1ccc2oc3c(-c4cccc(-c5ccccc5)c4)c(C#N)ccc3c2c1-c1cc(F)cc[n+]1C. The maximum atomic E-state index is 14.3. The molecule has 36 heavy (non-hydrogen) atoms. The highest BCUT2D eigenvalue weighted by molar-refractivity contribution is 6.16. The van der Waals surface area contributed by atoms with Gasteiger partial charge in [-0.3, -0.25) is 0 Å². The summed E-state index contributed by atoms with van der Waals surface area (Å²) in [4.78, 5) is 0. The summed E-state index contributed by atoms with van der Waals surface area (Å²) in [5.74, 6) is -0.294. The minimum Gasteiger partial charge on any atom is -0.455 e. The maximum Gasteiger partial charge on any atom is 0.216 e. The highest BCUT2D eigenvalue weighted by Crippen LogP contribution is 2.43. The first-order valence-electron chi connectivity index (χ1n) is 11.8. The standard InChI is InChI=1S/C32H22FN2O/c1-20-11-14-28-31(29(20)27-18-25(33)15-16-35(27)2)26-13-12-24(19-34)30(32(26)36-28)23-10-6-9-22(17-23)21-7-4-3-5-8-21/h3-18H,1-2H3/q+1. The number of furan rings is 1. The molecule has 0 fully saturated rings. The first-order valence-corrected chi connectivity index (χ1v) is 11.8. The van der Waals surface area contributed by atoms with Crippen molar-refractivity contribution in [2.75, 3.05) is 0 Å². The first-order chi connectivity index (χ1) is 17.5. The molecular weight excluding hydrogens is 447 g/mol. The van der Waals surface area contributed by atoms with Gasteiger partial charge >= 0.3 is 0 Å². The largest absolute Gasteiger partial charge is 0.455 e. The predicted molar refractivity (Wildman–Crippen MR) is 141 cm³/mol. The number of nitriles is 1. The molecule has 4 heteroatoms. The molecule has 0 amide bonds. The van der Waals surface area contributed by atoms with Crippen molar-refractivity contribution in [2.24, 2.45) is 7.05 Å². The molecule has 4 aromatic carbocycles. The van der Waals surface area contributed by atoms with Crippen LogP contribution in [-0.2, 0) is 7.05 Å². The van der Waals surface area contributed by atoms with Crippen molar-refractivity contribution in [1.82, 2.24) is 0 Å². The van der Waals surface area contributed by atoms with E-state index in [1.807, 2.05) is 73.1 Å². The minimum absolute atomic E-state index is 0.294. The van der Waals surface area contributed by atoms with Gasteiger partial charge in [0, 0.05) is 28.5 Å². The van der Waals surface area contributed by atoms with Crippen LogP contribution in [0.4, 0.5) is 4.39 Å². The molecular formula is C32H22FN2O+. The fourth-order valence-corrected chi connectivity index (χ4v) is 5.02. The Labute approximate surface area is 208 Å². The van der Waals surface area contributed by atoms with E-state index >= 15 is 0 Å². The number of aryl methyl sites for hydroxylation is 2. The lowest BCUT2D eigenvalue weighted by Crippen LogP contribution is -2.30. The zero-order valence-electron chi connectivity index (χ0n) is 19.9. The van der Waals surface area contributed by atoms with Gasteiger partial charge in [0.05, 0.1) is 17.2 Å². The quantitative estimate of drug-likeness (QED) is 0.249. The molecule has 0 saturated heterocycles. The van der Waals surface area contributed by atoms with Crippen LogP contribution in [0, 0.1) is 24.1 Å². The van der Waals surface area contributed by atoms with Gasteiger partial charge in [-0.15, -0.1) is 0 Å². The van der Waals surface area contributed by atoms with Gasteiger partial charge in [0.1, 0.15) is 24.0 Å². The van der Waals surface area contributed by atoms with E-state index in [-0.39, 0.29) is 5.82 Å². The number of nitrogens with zero attached hydrogens (tertiary/aromatic N) is 2. The van der Waals surface area contributed by atoms with Gasteiger partial charge in [0.25, 0.3) is 0 Å². The lowest BCUT2D eigenvalue weighted by molar-refractivity contribution is -0.660. The van der Waals surface area contributed by atoms with Gasteiger partial charge in [-0.1, -0.05) is 54.6 Å². The van der Waals surface area contributed by atoms with E-state index in [1.54, 1.807) is 12.3 Å². The molecule has 0 N–H and O–H groups in total. The van der Waals surface area contributed by atoms with Crippen molar-refractivity contribution in [3.63, 3.8) is 0 Å². The molecule has 0 bridgehead atoms. The van der Waals surface area contributed by atoms with Crippen LogP contribution in [-0.4, -0.2) is 0 Å². The number of hydrogen-bond donors (Lipinski definition) is 0. The Bertz CT molecular complexity index is 1830. The van der Waals surface area contributed by atoms with Gasteiger partial charge in [-0.05, 0) is 53.4 Å². The molecule has 0 aliphatic heterocycles. The number of pyridine rings is 1. The Hall–Kier alpha value is -4.75. The van der Waals surface area contributed by atoms with E-state index in [9.17, 15) is 9.65 Å². The third-order valence-electron chi connectivity index (χ3n) is 6.76. The van der Waals surface area contributed by atoms with E-state index in [0.29, 0.717) is 16.7 Å². The Morgan fingerprint density at radius 1 is 0.806 bits per heavy atom. The molecule has 6 aromatic rings. The molecule has 0 spiro atoms. The second-order valence-electron chi connectivity index (χ2n) is 9.00. The van der Waals surface area contributed by atoms with Crippen molar-refractivity contribution in [3.05, 3.63) is 114 Å². The summed E-state index contributed by atoms with van der Waals surface area (Å²) < 4.78 is 22.7. The van der Waals surface area contributed by atoms with Crippen LogP contribution in [0.25, 0.3) is 55.4 Å². The molecule has 0 aliphatic rings. The van der Waals surface area contributed by atoms with Crippen LogP contribution < -0.4 is 4.57 Å². The van der Waals surface area contributed by atoms with Crippen molar-refractivity contribution >= 4 is 21.9 Å². The fraction of sp³-hybridized carbons (Fsp3) is 0.0625. The van der Waals surface area contributed by atoms with Crippen LogP contribution in [0.1, 0.15) is 11.1 Å². The summed E-state index contributed by atoms with van der Waals surface area (Å²) in [6, 6.07) is 31.4. The van der Waals surface area contributed by atoms with Gasteiger partial charge < -0.3 is 4.42 Å². The lowest BCUT2D eigenvalue weighted by Gasteiger charge is -2.09. The number of aromatic nitrogens is 1. The summed E-state index contributed by atoms with van der Waals surface area (Å²) in [5.41, 5.74) is 8.43. The molecule has 2 aromatic heterocycles. The molecule has 0 aliphatic carbocycles. The van der Waals surface area contributed by atoms with Crippen LogP contribution in [0.5, 0.6) is 0 Å². The van der Waals surface area contributed by atoms with E-state index in [0.717, 1.165) is 49.8 Å². The molecule has 0 radical (unpaired) electrons. The topological polar surface area (TPSA) is 40.8 Å². The van der Waals surface area contributed by atoms with E-state index in [4.69, 9.17) is 4.42 Å². The number of halogens is 1. The highest BCUT2D eigenvalue weighted by atomic mass is 19.1. The second kappa shape index (κ2) is 8.48. The maximum absolute atomic E-state index is 14.3. The zero-order valence-corrected chi connectivity index (χ0v) is 19.9. The second-order valence-corrected chi connectivity index (χ2v) is 9.00. The molecule has 0 unspecified atom stereocenters. The van der Waals surface area contributed by atoms with Gasteiger partial charge in [-0.2, -0.15) is 5.26 Å². The van der Waals surface area contributed by atoms with Crippen LogP contribution in [0.2, 0.25) is 0 Å². The monoisotopic (exact) mass is 469 g/mol. The lowest BCUT2D eigenvalue weighted by atomic mass is 9.93. The Morgan fingerprint density at radius 3 is 2.39 bits per heavy atom. The molecule has 3 nitrogen and oxygen atoms in total. The average molecular weight is 470 g/mol. The first kappa shape index (κ1) is 21.8. The molecule has 2 heterocycles. The van der Waals surface area contributed by atoms with Gasteiger partial charge in [0.2, 0.25) is 5.69 Å². The fourth-order valence-electron chi connectivity index (χ4n) is 5.02.